The molecule has 0 fully saturated rings. The number of nitrogens with zero attached hydrogens (tertiary/aromatic N) is 2. The lowest BCUT2D eigenvalue weighted by Gasteiger charge is -2.01. The van der Waals surface area contributed by atoms with Crippen LogP contribution in [0, 0.1) is 0 Å². The Kier molecular flexibility index (Phi) is 3.62. The van der Waals surface area contributed by atoms with Crippen molar-refractivity contribution in [2.75, 3.05) is 11.9 Å². The lowest BCUT2D eigenvalue weighted by Crippen LogP contribution is -2.04. The highest BCUT2D eigenvalue weighted by molar-refractivity contribution is 7.22. The van der Waals surface area contributed by atoms with Gasteiger partial charge in [-0.25, -0.2) is 4.98 Å². The first-order valence-electron chi connectivity index (χ1n) is 6.00. The van der Waals surface area contributed by atoms with Crippen molar-refractivity contribution in [2.24, 2.45) is 0 Å². The number of anilines is 1. The molecule has 0 saturated heterocycles. The lowest BCUT2D eigenvalue weighted by atomic mass is 10.2. The molecule has 2 heterocycles. The van der Waals surface area contributed by atoms with Crippen LogP contribution in [0.25, 0.3) is 10.2 Å². The van der Waals surface area contributed by atoms with Gasteiger partial charge in [-0.3, -0.25) is 4.98 Å². The fraction of sp³-hybridized carbons (Fsp3) is 0.143. The van der Waals surface area contributed by atoms with Gasteiger partial charge in [-0.1, -0.05) is 22.9 Å². The van der Waals surface area contributed by atoms with Gasteiger partial charge in [-0.2, -0.15) is 0 Å². The van der Waals surface area contributed by atoms with E-state index in [1.165, 1.54) is 5.56 Å². The van der Waals surface area contributed by atoms with Gasteiger partial charge in [0.25, 0.3) is 0 Å². The molecule has 96 valence electrons. The summed E-state index contributed by atoms with van der Waals surface area (Å²) in [6.45, 7) is 0.859. The molecule has 0 aliphatic heterocycles. The van der Waals surface area contributed by atoms with Crippen LogP contribution in [-0.2, 0) is 6.42 Å². The molecule has 0 aliphatic carbocycles. The van der Waals surface area contributed by atoms with Crippen LogP contribution < -0.4 is 5.32 Å². The fourth-order valence-electron chi connectivity index (χ4n) is 1.84. The number of fused-ring (bicyclic) bond motifs is 1. The Morgan fingerprint density at radius 2 is 2.00 bits per heavy atom. The van der Waals surface area contributed by atoms with Crippen molar-refractivity contribution in [3.05, 3.63) is 53.3 Å². The van der Waals surface area contributed by atoms with Crippen LogP contribution in [0.3, 0.4) is 0 Å². The second-order valence-corrected chi connectivity index (χ2v) is 5.63. The number of rotatable bonds is 4. The van der Waals surface area contributed by atoms with Crippen molar-refractivity contribution >= 4 is 38.3 Å². The van der Waals surface area contributed by atoms with E-state index in [1.54, 1.807) is 11.3 Å². The van der Waals surface area contributed by atoms with Gasteiger partial charge in [0.15, 0.2) is 5.13 Å². The van der Waals surface area contributed by atoms with Gasteiger partial charge in [0.2, 0.25) is 0 Å². The number of nitrogens with one attached hydrogen (secondary N) is 1. The summed E-state index contributed by atoms with van der Waals surface area (Å²) in [6, 6.07) is 9.84. The predicted molar refractivity (Wildman–Crippen MR) is 81.1 cm³/mol. The minimum absolute atomic E-state index is 0.723. The van der Waals surface area contributed by atoms with E-state index in [0.29, 0.717) is 0 Å². The Labute approximate surface area is 120 Å². The SMILES string of the molecule is Clc1ccc2sc(NCCc3ccncc3)nc2c1. The number of thiazole rings is 1. The molecule has 0 aliphatic rings. The summed E-state index contributed by atoms with van der Waals surface area (Å²) < 4.78 is 1.15. The van der Waals surface area contributed by atoms with E-state index in [2.05, 4.69) is 15.3 Å². The van der Waals surface area contributed by atoms with Gasteiger partial charge in [0.05, 0.1) is 10.2 Å². The second-order valence-electron chi connectivity index (χ2n) is 4.16. The minimum atomic E-state index is 0.723. The predicted octanol–water partition coefficient (Wildman–Crippen LogP) is 4.00. The zero-order chi connectivity index (χ0) is 13.1. The molecule has 3 rings (SSSR count). The maximum absolute atomic E-state index is 5.95. The van der Waals surface area contributed by atoms with Crippen LogP contribution in [0.1, 0.15) is 5.56 Å². The third kappa shape index (κ3) is 3.03. The van der Waals surface area contributed by atoms with Crippen molar-refractivity contribution in [3.8, 4) is 0 Å². The number of aromatic nitrogens is 2. The van der Waals surface area contributed by atoms with Gasteiger partial charge < -0.3 is 5.32 Å². The molecule has 0 bridgehead atoms. The minimum Gasteiger partial charge on any atom is -0.361 e. The number of hydrogen-bond donors (Lipinski definition) is 1. The van der Waals surface area contributed by atoms with Crippen LogP contribution in [0.2, 0.25) is 5.02 Å². The van der Waals surface area contributed by atoms with Crippen molar-refractivity contribution in [1.29, 1.82) is 0 Å². The zero-order valence-electron chi connectivity index (χ0n) is 10.1. The second kappa shape index (κ2) is 5.55. The zero-order valence-corrected chi connectivity index (χ0v) is 11.7. The Bertz CT molecular complexity index is 681. The van der Waals surface area contributed by atoms with Crippen molar-refractivity contribution in [3.63, 3.8) is 0 Å². The van der Waals surface area contributed by atoms with Gasteiger partial charge in [0, 0.05) is 24.0 Å². The van der Waals surface area contributed by atoms with Gasteiger partial charge >= 0.3 is 0 Å². The normalized spacial score (nSPS) is 10.8. The summed E-state index contributed by atoms with van der Waals surface area (Å²) in [7, 11) is 0. The molecular formula is C14H12ClN3S. The van der Waals surface area contributed by atoms with E-state index in [4.69, 9.17) is 11.6 Å². The Hall–Kier alpha value is -1.65. The number of pyridine rings is 1. The van der Waals surface area contributed by atoms with Crippen LogP contribution in [0.15, 0.2) is 42.7 Å². The Morgan fingerprint density at radius 3 is 2.84 bits per heavy atom. The third-order valence-electron chi connectivity index (χ3n) is 2.79. The first-order valence-corrected chi connectivity index (χ1v) is 7.19. The largest absolute Gasteiger partial charge is 0.361 e. The van der Waals surface area contributed by atoms with Gasteiger partial charge in [0.1, 0.15) is 0 Å². The molecule has 0 radical (unpaired) electrons. The van der Waals surface area contributed by atoms with E-state index in [9.17, 15) is 0 Å². The number of hydrogen-bond acceptors (Lipinski definition) is 4. The van der Waals surface area contributed by atoms with E-state index in [1.807, 2.05) is 42.7 Å². The van der Waals surface area contributed by atoms with Crippen molar-refractivity contribution < 1.29 is 0 Å². The monoisotopic (exact) mass is 289 g/mol. The van der Waals surface area contributed by atoms with E-state index < -0.39 is 0 Å². The fourth-order valence-corrected chi connectivity index (χ4v) is 2.88. The Morgan fingerprint density at radius 1 is 1.16 bits per heavy atom. The molecule has 0 unspecified atom stereocenters. The molecule has 3 aromatic rings. The van der Waals surface area contributed by atoms with Crippen LogP contribution in [-0.4, -0.2) is 16.5 Å². The highest BCUT2D eigenvalue weighted by Crippen LogP contribution is 2.27. The first-order chi connectivity index (χ1) is 9.31. The van der Waals surface area contributed by atoms with E-state index in [-0.39, 0.29) is 0 Å². The summed E-state index contributed by atoms with van der Waals surface area (Å²) >= 11 is 7.60. The standard InChI is InChI=1S/C14H12ClN3S/c15-11-1-2-13-12(9-11)18-14(19-13)17-8-5-10-3-6-16-7-4-10/h1-4,6-7,9H,5,8H2,(H,17,18). The number of halogens is 1. The maximum atomic E-state index is 5.95. The van der Waals surface area contributed by atoms with Crippen LogP contribution in [0.4, 0.5) is 5.13 Å². The average molecular weight is 290 g/mol. The van der Waals surface area contributed by atoms with Gasteiger partial charge in [-0.15, -0.1) is 0 Å². The lowest BCUT2D eigenvalue weighted by molar-refractivity contribution is 1.01. The third-order valence-corrected chi connectivity index (χ3v) is 4.02. The molecular weight excluding hydrogens is 278 g/mol. The summed E-state index contributed by atoms with van der Waals surface area (Å²) in [4.78, 5) is 8.52. The quantitative estimate of drug-likeness (QED) is 0.789. The van der Waals surface area contributed by atoms with Crippen LogP contribution in [0.5, 0.6) is 0 Å². The first kappa shape index (κ1) is 12.4. The highest BCUT2D eigenvalue weighted by atomic mass is 35.5. The molecule has 0 spiro atoms. The van der Waals surface area contributed by atoms with E-state index >= 15 is 0 Å². The molecule has 19 heavy (non-hydrogen) atoms. The molecule has 5 heteroatoms. The topological polar surface area (TPSA) is 37.8 Å². The molecule has 1 aromatic carbocycles. The molecule has 0 atom stereocenters. The molecule has 2 aromatic heterocycles. The molecule has 0 amide bonds. The average Bonchev–Trinajstić information content (AvgIpc) is 2.82. The van der Waals surface area contributed by atoms with Crippen molar-refractivity contribution in [1.82, 2.24) is 9.97 Å². The summed E-state index contributed by atoms with van der Waals surface area (Å²) in [6.07, 6.45) is 4.59. The number of benzene rings is 1. The summed E-state index contributed by atoms with van der Waals surface area (Å²) in [5.74, 6) is 0. The molecule has 3 nitrogen and oxygen atoms in total. The molecule has 1 N–H and O–H groups in total. The smallest absolute Gasteiger partial charge is 0.183 e. The van der Waals surface area contributed by atoms with E-state index in [0.717, 1.165) is 33.3 Å². The summed E-state index contributed by atoms with van der Waals surface area (Å²) in [5, 5.41) is 5.01. The highest BCUT2D eigenvalue weighted by Gasteiger charge is 2.03. The van der Waals surface area contributed by atoms with Crippen LogP contribution >= 0.6 is 22.9 Å². The van der Waals surface area contributed by atoms with Gasteiger partial charge in [-0.05, 0) is 42.3 Å². The summed E-state index contributed by atoms with van der Waals surface area (Å²) in [5.41, 5.74) is 2.22. The Balaban J connectivity index is 1.65. The van der Waals surface area contributed by atoms with Crippen molar-refractivity contribution in [2.45, 2.75) is 6.42 Å². The molecule has 0 saturated carbocycles. The maximum Gasteiger partial charge on any atom is 0.183 e.